The Balaban J connectivity index is 2.06. The molecule has 1 aromatic carbocycles. The zero-order valence-corrected chi connectivity index (χ0v) is 17.9. The zero-order valence-electron chi connectivity index (χ0n) is 17.1. The maximum absolute atomic E-state index is 12.6. The van der Waals surface area contributed by atoms with Crippen molar-refractivity contribution < 1.29 is 23.2 Å². The fourth-order valence-corrected chi connectivity index (χ4v) is 4.33. The average molecular weight is 452 g/mol. The van der Waals surface area contributed by atoms with Crippen molar-refractivity contribution in [2.75, 3.05) is 19.6 Å². The van der Waals surface area contributed by atoms with Gasteiger partial charge in [0.2, 0.25) is 15.9 Å². The highest BCUT2D eigenvalue weighted by Crippen LogP contribution is 2.17. The van der Waals surface area contributed by atoms with Crippen molar-refractivity contribution in [2.45, 2.75) is 31.4 Å². The van der Waals surface area contributed by atoms with Gasteiger partial charge in [-0.3, -0.25) is 19.7 Å². The first-order valence-electron chi connectivity index (χ1n) is 9.49. The van der Waals surface area contributed by atoms with Crippen LogP contribution in [0, 0.1) is 10.1 Å². The predicted molar refractivity (Wildman–Crippen MR) is 112 cm³/mol. The average Bonchev–Trinajstić information content (AvgIpc) is 2.74. The van der Waals surface area contributed by atoms with E-state index >= 15 is 0 Å². The minimum atomic E-state index is -3.79. The molecule has 0 aliphatic heterocycles. The molecule has 1 aromatic heterocycles. The molecule has 2 aromatic rings. The number of aliphatic hydroxyl groups excluding tert-OH is 1. The maximum atomic E-state index is 12.6. The Labute approximate surface area is 179 Å². The molecule has 2 rings (SSSR count). The molecule has 11 nitrogen and oxygen atoms in total. The minimum Gasteiger partial charge on any atom is -0.387 e. The van der Waals surface area contributed by atoms with Crippen molar-refractivity contribution in [3.8, 4) is 0 Å². The van der Waals surface area contributed by atoms with Gasteiger partial charge in [-0.1, -0.05) is 13.8 Å². The number of pyridine rings is 1. The lowest BCUT2D eigenvalue weighted by atomic mass is 10.1. The summed E-state index contributed by atoms with van der Waals surface area (Å²) >= 11 is 0. The summed E-state index contributed by atoms with van der Waals surface area (Å²) in [6.45, 7) is 3.29. The van der Waals surface area contributed by atoms with Gasteiger partial charge in [0.15, 0.2) is 0 Å². The van der Waals surface area contributed by atoms with Crippen LogP contribution < -0.4 is 10.9 Å². The van der Waals surface area contributed by atoms with Crippen LogP contribution >= 0.6 is 0 Å². The highest BCUT2D eigenvalue weighted by Gasteiger charge is 2.22. The summed E-state index contributed by atoms with van der Waals surface area (Å²) in [5.41, 5.74) is -0.307. The molecule has 0 aliphatic rings. The van der Waals surface area contributed by atoms with E-state index in [-0.39, 0.29) is 30.2 Å². The number of nitrogens with one attached hydrogen (secondary N) is 1. The molecule has 2 N–H and O–H groups in total. The number of nitrogens with zero attached hydrogens (tertiary/aromatic N) is 3. The lowest BCUT2D eigenvalue weighted by molar-refractivity contribution is -0.384. The number of carbonyl (C=O) groups is 1. The van der Waals surface area contributed by atoms with Crippen LogP contribution in [-0.2, 0) is 21.4 Å². The van der Waals surface area contributed by atoms with E-state index in [1.54, 1.807) is 13.8 Å². The Morgan fingerprint density at radius 1 is 1.19 bits per heavy atom. The summed E-state index contributed by atoms with van der Waals surface area (Å²) in [5.74, 6) is -0.611. The number of nitro benzene ring substituents is 1. The zero-order chi connectivity index (χ0) is 23.2. The first-order chi connectivity index (χ1) is 14.6. The second-order valence-electron chi connectivity index (χ2n) is 6.59. The molecule has 0 fully saturated rings. The summed E-state index contributed by atoms with van der Waals surface area (Å²) in [6, 6.07) is 7.50. The number of sulfonamides is 1. The van der Waals surface area contributed by atoms with E-state index in [4.69, 9.17) is 0 Å². The Morgan fingerprint density at radius 3 is 2.35 bits per heavy atom. The maximum Gasteiger partial charge on any atom is 0.269 e. The number of non-ortho nitro benzene ring substituents is 1. The summed E-state index contributed by atoms with van der Waals surface area (Å²) in [6.07, 6.45) is -0.00153. The van der Waals surface area contributed by atoms with Gasteiger partial charge in [-0.2, -0.15) is 4.31 Å². The van der Waals surface area contributed by atoms with E-state index in [1.165, 1.54) is 34.6 Å². The number of benzene rings is 1. The van der Waals surface area contributed by atoms with Crippen molar-refractivity contribution in [1.29, 1.82) is 0 Å². The van der Waals surface area contributed by atoms with Crippen LogP contribution in [0.2, 0.25) is 0 Å². The third-order valence-corrected chi connectivity index (χ3v) is 6.63. The SMILES string of the molecule is CCN(CC)S(=O)(=O)c1ccc(=O)n(CC(=O)NCC(O)c2ccc([N+](=O)[O-])cc2)c1. The second-order valence-corrected chi connectivity index (χ2v) is 8.53. The fraction of sp³-hybridized carbons (Fsp3) is 0.368. The predicted octanol–water partition coefficient (Wildman–Crippen LogP) is 0.637. The topological polar surface area (TPSA) is 152 Å². The van der Waals surface area contributed by atoms with Crippen LogP contribution in [0.25, 0.3) is 0 Å². The number of hydrogen-bond donors (Lipinski definition) is 2. The first-order valence-corrected chi connectivity index (χ1v) is 10.9. The third-order valence-electron chi connectivity index (χ3n) is 4.59. The van der Waals surface area contributed by atoms with Crippen molar-refractivity contribution >= 4 is 21.6 Å². The quantitative estimate of drug-likeness (QED) is 0.396. The van der Waals surface area contributed by atoms with Gasteiger partial charge >= 0.3 is 0 Å². The van der Waals surface area contributed by atoms with E-state index in [0.29, 0.717) is 5.56 Å². The Hall–Kier alpha value is -3.09. The van der Waals surface area contributed by atoms with Crippen molar-refractivity contribution in [3.05, 3.63) is 68.6 Å². The van der Waals surface area contributed by atoms with Gasteiger partial charge in [-0.25, -0.2) is 8.42 Å². The molecular formula is C19H24N4O7S. The van der Waals surface area contributed by atoms with Gasteiger partial charge in [0, 0.05) is 44.0 Å². The lowest BCUT2D eigenvalue weighted by Crippen LogP contribution is -2.35. The normalized spacial score (nSPS) is 12.5. The van der Waals surface area contributed by atoms with Gasteiger partial charge in [0.05, 0.1) is 15.9 Å². The highest BCUT2D eigenvalue weighted by molar-refractivity contribution is 7.89. The molecule has 31 heavy (non-hydrogen) atoms. The highest BCUT2D eigenvalue weighted by atomic mass is 32.2. The summed E-state index contributed by atoms with van der Waals surface area (Å²) in [4.78, 5) is 34.3. The van der Waals surface area contributed by atoms with Crippen LogP contribution in [-0.4, -0.2) is 52.9 Å². The largest absolute Gasteiger partial charge is 0.387 e. The number of hydrogen-bond acceptors (Lipinski definition) is 7. The molecule has 0 radical (unpaired) electrons. The molecule has 0 bridgehead atoms. The molecule has 1 amide bonds. The molecule has 1 unspecified atom stereocenters. The Kier molecular flexibility index (Phi) is 8.02. The lowest BCUT2D eigenvalue weighted by Gasteiger charge is -2.19. The Bertz CT molecular complexity index is 1090. The van der Waals surface area contributed by atoms with Gasteiger partial charge < -0.3 is 15.0 Å². The van der Waals surface area contributed by atoms with E-state index in [2.05, 4.69) is 5.32 Å². The summed E-state index contributed by atoms with van der Waals surface area (Å²) in [7, 11) is -3.79. The minimum absolute atomic E-state index is 0.102. The fourth-order valence-electron chi connectivity index (χ4n) is 2.86. The third kappa shape index (κ3) is 5.96. The molecule has 1 heterocycles. The number of nitro groups is 1. The molecule has 1 atom stereocenters. The van der Waals surface area contributed by atoms with Crippen LogP contribution in [0.15, 0.2) is 52.3 Å². The first kappa shape index (κ1) is 24.2. The number of carbonyl (C=O) groups excluding carboxylic acids is 1. The molecular weight excluding hydrogens is 428 g/mol. The van der Waals surface area contributed by atoms with Crippen molar-refractivity contribution in [1.82, 2.24) is 14.2 Å². The van der Waals surface area contributed by atoms with Crippen LogP contribution in [0.3, 0.4) is 0 Å². The summed E-state index contributed by atoms with van der Waals surface area (Å²) < 4.78 is 27.4. The summed E-state index contributed by atoms with van der Waals surface area (Å²) in [5, 5.41) is 23.3. The van der Waals surface area contributed by atoms with Crippen molar-refractivity contribution in [2.24, 2.45) is 0 Å². The van der Waals surface area contributed by atoms with Crippen LogP contribution in [0.4, 0.5) is 5.69 Å². The number of aliphatic hydroxyl groups is 1. The van der Waals surface area contributed by atoms with Crippen LogP contribution in [0.1, 0.15) is 25.5 Å². The van der Waals surface area contributed by atoms with Gasteiger partial charge in [0.1, 0.15) is 6.54 Å². The number of amides is 1. The standard InChI is InChI=1S/C19H24N4O7S/c1-3-22(4-2)31(29,30)16-9-10-19(26)21(12-16)13-18(25)20-11-17(24)14-5-7-15(8-6-14)23(27)28/h5-10,12,17,24H,3-4,11,13H2,1-2H3,(H,20,25). The van der Waals surface area contributed by atoms with Gasteiger partial charge in [-0.05, 0) is 23.8 Å². The van der Waals surface area contributed by atoms with E-state index in [0.717, 1.165) is 16.8 Å². The molecule has 0 aliphatic carbocycles. The monoisotopic (exact) mass is 452 g/mol. The van der Waals surface area contributed by atoms with Crippen molar-refractivity contribution in [3.63, 3.8) is 0 Å². The molecule has 168 valence electrons. The van der Waals surface area contributed by atoms with E-state index in [9.17, 15) is 33.2 Å². The van der Waals surface area contributed by atoms with Crippen LogP contribution in [0.5, 0.6) is 0 Å². The van der Waals surface area contributed by atoms with E-state index in [1.807, 2.05) is 0 Å². The molecule has 0 saturated heterocycles. The molecule has 0 spiro atoms. The van der Waals surface area contributed by atoms with Gasteiger partial charge in [-0.15, -0.1) is 0 Å². The smallest absolute Gasteiger partial charge is 0.269 e. The van der Waals surface area contributed by atoms with Gasteiger partial charge in [0.25, 0.3) is 11.2 Å². The molecule has 12 heteroatoms. The second kappa shape index (κ2) is 10.3. The number of aromatic nitrogens is 1. The number of rotatable bonds is 10. The molecule has 0 saturated carbocycles. The Morgan fingerprint density at radius 2 is 1.81 bits per heavy atom. The van der Waals surface area contributed by atoms with E-state index < -0.39 is 39.1 Å².